The van der Waals surface area contributed by atoms with Gasteiger partial charge in [0.05, 0.1) is 25.2 Å². The van der Waals surface area contributed by atoms with Gasteiger partial charge in [-0.2, -0.15) is 0 Å². The molecule has 0 spiro atoms. The predicted octanol–water partition coefficient (Wildman–Crippen LogP) is 6.01. The number of ketones is 1. The first-order valence-electron chi connectivity index (χ1n) is 10.5. The highest BCUT2D eigenvalue weighted by Gasteiger charge is 2.38. The average molecular weight is 429 g/mol. The molecule has 1 aliphatic rings. The third-order valence-corrected chi connectivity index (χ3v) is 10.7. The molecule has 0 radical (unpaired) electrons. The number of hydrogen-bond donors (Lipinski definition) is 1. The van der Waals surface area contributed by atoms with Gasteiger partial charge < -0.3 is 14.3 Å². The van der Waals surface area contributed by atoms with Crippen LogP contribution in [0.2, 0.25) is 18.1 Å². The fourth-order valence-electron chi connectivity index (χ4n) is 3.32. The molecular formula is C25H36O4Si. The standard InChI is InChI=1S/C25H36O4Si/c1-24(2,3)30(7,8)29-15-9-10-20(18-11-13-19(28-6)14-12-18)23-21(26)16-25(4,5)17-22(23)27/h11-14,20,26H,15-17H2,1-8H3. The molecule has 164 valence electrons. The largest absolute Gasteiger partial charge is 0.512 e. The van der Waals surface area contributed by atoms with Crippen LogP contribution in [0.15, 0.2) is 35.6 Å². The molecular weight excluding hydrogens is 392 g/mol. The summed E-state index contributed by atoms with van der Waals surface area (Å²) in [6.07, 6.45) is 0.879. The van der Waals surface area contributed by atoms with Gasteiger partial charge in [-0.1, -0.05) is 58.6 Å². The van der Waals surface area contributed by atoms with Crippen LogP contribution in [0.25, 0.3) is 0 Å². The van der Waals surface area contributed by atoms with Crippen LogP contribution >= 0.6 is 0 Å². The molecule has 0 saturated heterocycles. The van der Waals surface area contributed by atoms with Crippen LogP contribution in [0.4, 0.5) is 0 Å². The molecule has 0 bridgehead atoms. The summed E-state index contributed by atoms with van der Waals surface area (Å²) in [5, 5.41) is 10.8. The van der Waals surface area contributed by atoms with Crippen molar-refractivity contribution in [2.45, 2.75) is 71.5 Å². The molecule has 1 aliphatic carbocycles. The van der Waals surface area contributed by atoms with Crippen LogP contribution in [0.3, 0.4) is 0 Å². The van der Waals surface area contributed by atoms with E-state index in [9.17, 15) is 9.90 Å². The maximum absolute atomic E-state index is 12.9. The van der Waals surface area contributed by atoms with E-state index >= 15 is 0 Å². The number of benzene rings is 1. The molecule has 2 rings (SSSR count). The molecule has 4 nitrogen and oxygen atoms in total. The first kappa shape index (κ1) is 24.2. The second-order valence-corrected chi connectivity index (χ2v) is 15.2. The monoisotopic (exact) mass is 428 g/mol. The number of aliphatic hydroxyl groups excluding tert-OH is 1. The van der Waals surface area contributed by atoms with E-state index in [4.69, 9.17) is 9.16 Å². The van der Waals surface area contributed by atoms with Crippen molar-refractivity contribution in [3.63, 3.8) is 0 Å². The highest BCUT2D eigenvalue weighted by Crippen LogP contribution is 2.41. The number of carbonyl (C=O) groups is 1. The molecule has 1 unspecified atom stereocenters. The van der Waals surface area contributed by atoms with Crippen molar-refractivity contribution < 1.29 is 19.1 Å². The number of aliphatic hydroxyl groups is 1. The third kappa shape index (κ3) is 5.77. The quantitative estimate of drug-likeness (QED) is 0.461. The van der Waals surface area contributed by atoms with Gasteiger partial charge in [0.1, 0.15) is 11.5 Å². The van der Waals surface area contributed by atoms with Crippen LogP contribution < -0.4 is 4.74 Å². The summed E-state index contributed by atoms with van der Waals surface area (Å²) in [5.41, 5.74) is 1.04. The molecule has 30 heavy (non-hydrogen) atoms. The van der Waals surface area contributed by atoms with Crippen LogP contribution in [-0.4, -0.2) is 32.9 Å². The van der Waals surface area contributed by atoms with E-state index in [1.165, 1.54) is 0 Å². The number of methoxy groups -OCH3 is 1. The van der Waals surface area contributed by atoms with Crippen molar-refractivity contribution in [2.75, 3.05) is 13.7 Å². The number of hydrogen-bond acceptors (Lipinski definition) is 4. The van der Waals surface area contributed by atoms with E-state index < -0.39 is 14.2 Å². The highest BCUT2D eigenvalue weighted by molar-refractivity contribution is 6.74. The molecule has 0 aromatic heterocycles. The number of allylic oxidation sites excluding steroid dienone is 2. The maximum atomic E-state index is 12.9. The van der Waals surface area contributed by atoms with E-state index in [0.717, 1.165) is 11.3 Å². The molecule has 0 heterocycles. The lowest BCUT2D eigenvalue weighted by molar-refractivity contribution is -0.118. The Morgan fingerprint density at radius 1 is 1.17 bits per heavy atom. The van der Waals surface area contributed by atoms with E-state index in [1.807, 2.05) is 38.1 Å². The zero-order valence-corrected chi connectivity index (χ0v) is 20.7. The fourth-order valence-corrected chi connectivity index (χ4v) is 4.19. The zero-order chi connectivity index (χ0) is 22.7. The summed E-state index contributed by atoms with van der Waals surface area (Å²) in [6.45, 7) is 15.3. The second-order valence-electron chi connectivity index (χ2n) is 10.4. The van der Waals surface area contributed by atoms with Gasteiger partial charge in [0.25, 0.3) is 0 Å². The van der Waals surface area contributed by atoms with Gasteiger partial charge in [0.2, 0.25) is 0 Å². The fraction of sp³-hybridized carbons (Fsp3) is 0.560. The Morgan fingerprint density at radius 3 is 2.27 bits per heavy atom. The Morgan fingerprint density at radius 2 is 1.77 bits per heavy atom. The van der Waals surface area contributed by atoms with Crippen LogP contribution in [0.1, 0.15) is 58.9 Å². The van der Waals surface area contributed by atoms with Crippen LogP contribution in [-0.2, 0) is 9.22 Å². The summed E-state index contributed by atoms with van der Waals surface area (Å²) in [6, 6.07) is 7.51. The lowest BCUT2D eigenvalue weighted by Gasteiger charge is -2.35. The van der Waals surface area contributed by atoms with Gasteiger partial charge in [0.15, 0.2) is 14.1 Å². The van der Waals surface area contributed by atoms with Crippen molar-refractivity contribution in [1.29, 1.82) is 0 Å². The van der Waals surface area contributed by atoms with Crippen molar-refractivity contribution >= 4 is 14.1 Å². The zero-order valence-electron chi connectivity index (χ0n) is 19.7. The van der Waals surface area contributed by atoms with E-state index in [2.05, 4.69) is 45.7 Å². The third-order valence-electron chi connectivity index (χ3n) is 6.19. The molecule has 0 aliphatic heterocycles. The minimum absolute atomic E-state index is 0.0378. The number of rotatable bonds is 5. The van der Waals surface area contributed by atoms with E-state index in [-0.39, 0.29) is 22.0 Å². The van der Waals surface area contributed by atoms with Crippen molar-refractivity contribution in [3.05, 3.63) is 41.2 Å². The molecule has 1 aromatic carbocycles. The minimum atomic E-state index is -1.90. The molecule has 5 heteroatoms. The van der Waals surface area contributed by atoms with Gasteiger partial charge in [-0.25, -0.2) is 0 Å². The molecule has 1 aromatic rings. The number of Topliss-reactive ketones (excluding diaryl/α,β-unsaturated/α-hetero) is 1. The Labute approximate surface area is 182 Å². The summed E-state index contributed by atoms with van der Waals surface area (Å²) in [5.74, 6) is 6.72. The maximum Gasteiger partial charge on any atom is 0.193 e. The Bertz CT molecular complexity index is 861. The number of ether oxygens (including phenoxy) is 1. The lowest BCUT2D eigenvalue weighted by Crippen LogP contribution is -2.40. The number of carbonyl (C=O) groups excluding carboxylic acids is 1. The summed E-state index contributed by atoms with van der Waals surface area (Å²) in [7, 11) is -0.285. The lowest BCUT2D eigenvalue weighted by atomic mass is 9.72. The van der Waals surface area contributed by atoms with Crippen molar-refractivity contribution in [2.24, 2.45) is 5.41 Å². The smallest absolute Gasteiger partial charge is 0.193 e. The normalized spacial score (nSPS) is 17.9. The first-order valence-corrected chi connectivity index (χ1v) is 13.4. The van der Waals surface area contributed by atoms with E-state index in [1.54, 1.807) is 7.11 Å². The topological polar surface area (TPSA) is 55.8 Å². The molecule has 1 N–H and O–H groups in total. The second kappa shape index (κ2) is 8.99. The molecule has 0 fully saturated rings. The van der Waals surface area contributed by atoms with Crippen molar-refractivity contribution in [3.8, 4) is 17.6 Å². The van der Waals surface area contributed by atoms with Crippen LogP contribution in [0.5, 0.6) is 5.75 Å². The average Bonchev–Trinajstić information content (AvgIpc) is 2.61. The summed E-state index contributed by atoms with van der Waals surface area (Å²) < 4.78 is 11.4. The molecule has 1 atom stereocenters. The predicted molar refractivity (Wildman–Crippen MR) is 124 cm³/mol. The Balaban J connectivity index is 2.38. The SMILES string of the molecule is COc1ccc(C(C#CCO[Si](C)(C)C(C)(C)C)C2=C(O)CC(C)(C)CC2=O)cc1. The van der Waals surface area contributed by atoms with Gasteiger partial charge in [-0.05, 0) is 41.2 Å². The van der Waals surface area contributed by atoms with Crippen molar-refractivity contribution in [1.82, 2.24) is 0 Å². The summed E-state index contributed by atoms with van der Waals surface area (Å²) >= 11 is 0. The minimum Gasteiger partial charge on any atom is -0.512 e. The highest BCUT2D eigenvalue weighted by atomic mass is 28.4. The van der Waals surface area contributed by atoms with Gasteiger partial charge in [0, 0.05) is 12.8 Å². The van der Waals surface area contributed by atoms with Crippen LogP contribution in [0, 0.1) is 17.3 Å². The van der Waals surface area contributed by atoms with E-state index in [0.29, 0.717) is 25.0 Å². The first-order chi connectivity index (χ1) is 13.8. The molecule has 0 saturated carbocycles. The Kier molecular flexibility index (Phi) is 7.27. The Hall–Kier alpha value is -2.03. The summed E-state index contributed by atoms with van der Waals surface area (Å²) in [4.78, 5) is 12.9. The van der Waals surface area contributed by atoms with Gasteiger partial charge >= 0.3 is 0 Å². The van der Waals surface area contributed by atoms with Gasteiger partial charge in [-0.15, -0.1) is 0 Å². The molecule has 0 amide bonds. The van der Waals surface area contributed by atoms with Gasteiger partial charge in [-0.3, -0.25) is 4.79 Å².